The Hall–Kier alpha value is -3.35. The summed E-state index contributed by atoms with van der Waals surface area (Å²) in [6.07, 6.45) is 5.10. The number of furan rings is 1. The van der Waals surface area contributed by atoms with Crippen LogP contribution in [0.15, 0.2) is 45.5 Å². The van der Waals surface area contributed by atoms with Crippen LogP contribution >= 0.6 is 0 Å². The van der Waals surface area contributed by atoms with Crippen molar-refractivity contribution in [2.75, 3.05) is 19.6 Å². The second kappa shape index (κ2) is 10.1. The van der Waals surface area contributed by atoms with Crippen molar-refractivity contribution in [3.63, 3.8) is 0 Å². The molecule has 0 radical (unpaired) electrons. The minimum absolute atomic E-state index is 0.0821. The first-order chi connectivity index (χ1) is 15.9. The van der Waals surface area contributed by atoms with Crippen molar-refractivity contribution in [2.24, 2.45) is 0 Å². The summed E-state index contributed by atoms with van der Waals surface area (Å²) in [7, 11) is 0. The van der Waals surface area contributed by atoms with Gasteiger partial charge >= 0.3 is 0 Å². The molecule has 4 rings (SSSR count). The van der Waals surface area contributed by atoms with Gasteiger partial charge in [0.05, 0.1) is 12.8 Å². The van der Waals surface area contributed by atoms with Crippen molar-refractivity contribution >= 4 is 11.8 Å². The maximum atomic E-state index is 13.4. The Kier molecular flexibility index (Phi) is 6.96. The lowest BCUT2D eigenvalue weighted by atomic mass is 9.98. The molecule has 1 saturated heterocycles. The third-order valence-electron chi connectivity index (χ3n) is 6.17. The van der Waals surface area contributed by atoms with Crippen molar-refractivity contribution in [1.82, 2.24) is 15.0 Å². The topological polar surface area (TPSA) is 79.8 Å². The molecule has 2 amide bonds. The number of benzene rings is 1. The van der Waals surface area contributed by atoms with E-state index in [0.717, 1.165) is 42.6 Å². The fraction of sp³-hybridized carbons (Fsp3) is 0.423. The molecule has 33 heavy (non-hydrogen) atoms. The standard InChI is InChI=1S/C26H31N3O4/c1-18-14-19(2)25(20(3)15-18)23-16-22(27-33-23)26(31)29(17-21-8-7-13-32-21)12-9-24(30)28-10-5-4-6-11-28/h7-8,13-16H,4-6,9-12,17H2,1-3H3. The fourth-order valence-electron chi connectivity index (χ4n) is 4.60. The molecule has 0 aliphatic carbocycles. The molecular weight excluding hydrogens is 418 g/mol. The molecule has 0 saturated carbocycles. The third-order valence-corrected chi connectivity index (χ3v) is 6.17. The minimum Gasteiger partial charge on any atom is -0.467 e. The molecule has 1 aliphatic rings. The number of likely N-dealkylation sites (tertiary alicyclic amines) is 1. The van der Waals surface area contributed by atoms with Gasteiger partial charge in [-0.15, -0.1) is 0 Å². The third kappa shape index (κ3) is 5.35. The highest BCUT2D eigenvalue weighted by Gasteiger charge is 2.25. The monoisotopic (exact) mass is 449 g/mol. The van der Waals surface area contributed by atoms with Gasteiger partial charge in [0.25, 0.3) is 5.91 Å². The molecule has 3 heterocycles. The maximum absolute atomic E-state index is 13.4. The summed E-state index contributed by atoms with van der Waals surface area (Å²) >= 11 is 0. The molecule has 1 fully saturated rings. The number of nitrogens with zero attached hydrogens (tertiary/aromatic N) is 3. The first-order valence-electron chi connectivity index (χ1n) is 11.6. The van der Waals surface area contributed by atoms with Crippen molar-refractivity contribution in [2.45, 2.75) is 53.0 Å². The van der Waals surface area contributed by atoms with Crippen molar-refractivity contribution in [3.8, 4) is 11.3 Å². The Bertz CT molecular complexity index is 1090. The van der Waals surface area contributed by atoms with Crippen molar-refractivity contribution in [1.29, 1.82) is 0 Å². The number of aryl methyl sites for hydroxylation is 3. The van der Waals surface area contributed by atoms with Crippen molar-refractivity contribution in [3.05, 3.63) is 64.7 Å². The first kappa shape index (κ1) is 22.8. The summed E-state index contributed by atoms with van der Waals surface area (Å²) in [5, 5.41) is 4.07. The Morgan fingerprint density at radius 2 is 1.79 bits per heavy atom. The Morgan fingerprint density at radius 1 is 1.06 bits per heavy atom. The van der Waals surface area contributed by atoms with Gasteiger partial charge in [0.1, 0.15) is 5.76 Å². The molecule has 7 nitrogen and oxygen atoms in total. The zero-order valence-electron chi connectivity index (χ0n) is 19.6. The zero-order chi connectivity index (χ0) is 23.4. The Balaban J connectivity index is 1.52. The van der Waals surface area contributed by atoms with E-state index in [9.17, 15) is 9.59 Å². The summed E-state index contributed by atoms with van der Waals surface area (Å²) in [5.74, 6) is 1.02. The summed E-state index contributed by atoms with van der Waals surface area (Å²) in [5.41, 5.74) is 4.49. The van der Waals surface area contributed by atoms with E-state index >= 15 is 0 Å². The van der Waals surface area contributed by atoms with Crippen LogP contribution in [-0.2, 0) is 11.3 Å². The van der Waals surface area contributed by atoms with E-state index in [1.165, 1.54) is 12.0 Å². The average molecular weight is 450 g/mol. The van der Waals surface area contributed by atoms with E-state index in [2.05, 4.69) is 24.2 Å². The summed E-state index contributed by atoms with van der Waals surface area (Å²) in [6, 6.07) is 9.46. The van der Waals surface area contributed by atoms with Gasteiger partial charge in [0, 0.05) is 37.7 Å². The zero-order valence-corrected chi connectivity index (χ0v) is 19.6. The van der Waals surface area contributed by atoms with Gasteiger partial charge in [-0.1, -0.05) is 22.9 Å². The molecule has 0 spiro atoms. The lowest BCUT2D eigenvalue weighted by molar-refractivity contribution is -0.132. The average Bonchev–Trinajstić information content (AvgIpc) is 3.48. The number of piperidine rings is 1. The molecule has 0 bridgehead atoms. The first-order valence-corrected chi connectivity index (χ1v) is 11.6. The predicted molar refractivity (Wildman–Crippen MR) is 125 cm³/mol. The van der Waals surface area contributed by atoms with Crippen LogP contribution in [-0.4, -0.2) is 46.4 Å². The Morgan fingerprint density at radius 3 is 2.45 bits per heavy atom. The van der Waals surface area contributed by atoms with Gasteiger partial charge in [-0.25, -0.2) is 0 Å². The van der Waals surface area contributed by atoms with Crippen LogP contribution in [0.3, 0.4) is 0 Å². The number of hydrogen-bond acceptors (Lipinski definition) is 5. The molecule has 0 unspecified atom stereocenters. The van der Waals surface area contributed by atoms with E-state index in [4.69, 9.17) is 8.94 Å². The summed E-state index contributed by atoms with van der Waals surface area (Å²) in [4.78, 5) is 29.6. The molecule has 1 aromatic carbocycles. The largest absolute Gasteiger partial charge is 0.467 e. The van der Waals surface area contributed by atoms with Crippen LogP contribution in [0.2, 0.25) is 0 Å². The van der Waals surface area contributed by atoms with E-state index < -0.39 is 0 Å². The molecular formula is C26H31N3O4. The highest BCUT2D eigenvalue weighted by Crippen LogP contribution is 2.29. The molecule has 1 aliphatic heterocycles. The van der Waals surface area contributed by atoms with E-state index in [1.54, 1.807) is 23.3 Å². The number of aromatic nitrogens is 1. The number of hydrogen-bond donors (Lipinski definition) is 0. The van der Waals surface area contributed by atoms with Gasteiger partial charge in [-0.05, 0) is 63.3 Å². The van der Waals surface area contributed by atoms with Crippen LogP contribution in [0, 0.1) is 20.8 Å². The second-order valence-corrected chi connectivity index (χ2v) is 8.85. The normalized spacial score (nSPS) is 13.8. The number of carbonyl (C=O) groups excluding carboxylic acids is 2. The predicted octanol–water partition coefficient (Wildman–Crippen LogP) is 4.90. The number of rotatable bonds is 7. The van der Waals surface area contributed by atoms with Crippen LogP contribution < -0.4 is 0 Å². The number of amides is 2. The highest BCUT2D eigenvalue weighted by atomic mass is 16.5. The minimum atomic E-state index is -0.282. The van der Waals surface area contributed by atoms with Gasteiger partial charge in [0.15, 0.2) is 11.5 Å². The highest BCUT2D eigenvalue weighted by molar-refractivity contribution is 5.93. The molecule has 2 aromatic heterocycles. The summed E-state index contributed by atoms with van der Waals surface area (Å²) < 4.78 is 11.0. The molecule has 7 heteroatoms. The van der Waals surface area contributed by atoms with Crippen LogP contribution in [0.25, 0.3) is 11.3 Å². The van der Waals surface area contributed by atoms with E-state index in [-0.39, 0.29) is 30.5 Å². The van der Waals surface area contributed by atoms with E-state index in [0.29, 0.717) is 18.1 Å². The smallest absolute Gasteiger partial charge is 0.276 e. The van der Waals surface area contributed by atoms with Crippen LogP contribution in [0.5, 0.6) is 0 Å². The van der Waals surface area contributed by atoms with Crippen molar-refractivity contribution < 1.29 is 18.5 Å². The molecule has 174 valence electrons. The Labute approximate surface area is 194 Å². The lowest BCUT2D eigenvalue weighted by Gasteiger charge is -2.28. The molecule has 3 aromatic rings. The molecule has 0 N–H and O–H groups in total. The van der Waals surface area contributed by atoms with E-state index in [1.807, 2.05) is 24.8 Å². The SMILES string of the molecule is Cc1cc(C)c(-c2cc(C(=O)N(CCC(=O)N3CCCCC3)Cc3ccco3)no2)c(C)c1. The maximum Gasteiger partial charge on any atom is 0.276 e. The van der Waals surface area contributed by atoms with Crippen LogP contribution in [0.4, 0.5) is 0 Å². The number of carbonyl (C=O) groups is 2. The van der Waals surface area contributed by atoms with Crippen LogP contribution in [0.1, 0.15) is 58.6 Å². The quantitative estimate of drug-likeness (QED) is 0.512. The van der Waals surface area contributed by atoms with Gasteiger partial charge < -0.3 is 18.7 Å². The van der Waals surface area contributed by atoms with Gasteiger partial charge in [0.2, 0.25) is 5.91 Å². The van der Waals surface area contributed by atoms with Gasteiger partial charge in [-0.3, -0.25) is 9.59 Å². The summed E-state index contributed by atoms with van der Waals surface area (Å²) in [6.45, 7) is 8.25. The second-order valence-electron chi connectivity index (χ2n) is 8.85. The lowest BCUT2D eigenvalue weighted by Crippen LogP contribution is -2.39. The molecule has 0 atom stereocenters. The van der Waals surface area contributed by atoms with Gasteiger partial charge in [-0.2, -0.15) is 0 Å². The fourth-order valence-corrected chi connectivity index (χ4v) is 4.60.